The van der Waals surface area contributed by atoms with E-state index in [4.69, 9.17) is 14.6 Å². The van der Waals surface area contributed by atoms with Crippen molar-refractivity contribution < 1.29 is 19.4 Å². The molecular formula is C22H20O4. The van der Waals surface area contributed by atoms with E-state index in [1.807, 2.05) is 42.5 Å². The molecule has 0 bridgehead atoms. The van der Waals surface area contributed by atoms with Crippen LogP contribution in [-0.2, 0) is 18.0 Å². The zero-order valence-corrected chi connectivity index (χ0v) is 14.5. The van der Waals surface area contributed by atoms with E-state index in [0.717, 1.165) is 28.0 Å². The Morgan fingerprint density at radius 2 is 1.69 bits per heavy atom. The van der Waals surface area contributed by atoms with Crippen LogP contribution in [0.25, 0.3) is 11.1 Å². The highest BCUT2D eigenvalue weighted by atomic mass is 16.5. The van der Waals surface area contributed by atoms with Crippen LogP contribution in [-0.4, -0.2) is 18.2 Å². The second-order valence-electron chi connectivity index (χ2n) is 5.91. The van der Waals surface area contributed by atoms with Gasteiger partial charge in [-0.05, 0) is 46.5 Å². The number of carboxylic acids is 1. The van der Waals surface area contributed by atoms with Crippen molar-refractivity contribution in [1.29, 1.82) is 0 Å². The second kappa shape index (κ2) is 8.32. The van der Waals surface area contributed by atoms with E-state index in [-0.39, 0.29) is 5.56 Å². The molecule has 0 saturated heterocycles. The summed E-state index contributed by atoms with van der Waals surface area (Å²) in [5.41, 5.74) is 4.44. The average Bonchev–Trinajstić information content (AvgIpc) is 2.68. The molecule has 0 aliphatic heterocycles. The second-order valence-corrected chi connectivity index (χ2v) is 5.91. The summed E-state index contributed by atoms with van der Waals surface area (Å²) in [6, 6.07) is 22.7. The molecule has 0 spiro atoms. The summed E-state index contributed by atoms with van der Waals surface area (Å²) in [4.78, 5) is 11.0. The van der Waals surface area contributed by atoms with Crippen LogP contribution in [0.1, 0.15) is 21.5 Å². The predicted molar refractivity (Wildman–Crippen MR) is 100 cm³/mol. The number of carboxylic acid groups (broad SMARTS) is 1. The molecule has 3 rings (SSSR count). The largest absolute Gasteiger partial charge is 0.489 e. The lowest BCUT2D eigenvalue weighted by Crippen LogP contribution is -2.00. The number of rotatable bonds is 7. The number of aromatic carboxylic acids is 1. The van der Waals surface area contributed by atoms with Gasteiger partial charge in [-0.3, -0.25) is 0 Å². The summed E-state index contributed by atoms with van der Waals surface area (Å²) in [6.07, 6.45) is 0. The minimum atomic E-state index is -0.939. The maximum Gasteiger partial charge on any atom is 0.335 e. The standard InChI is InChI=1S/C22H20O4/c1-25-15-19-6-2-3-8-21(19)17-9-11-20(12-10-17)26-14-16-5-4-7-18(13-16)22(23)24/h2-13H,14-15H2,1H3,(H,23,24). The molecule has 0 saturated carbocycles. The van der Waals surface area contributed by atoms with Crippen molar-refractivity contribution in [3.05, 3.63) is 89.5 Å². The molecule has 0 unspecified atom stereocenters. The Morgan fingerprint density at radius 3 is 2.42 bits per heavy atom. The molecule has 4 nitrogen and oxygen atoms in total. The lowest BCUT2D eigenvalue weighted by atomic mass is 10.00. The molecule has 0 radical (unpaired) electrons. The van der Waals surface area contributed by atoms with Crippen LogP contribution in [0.15, 0.2) is 72.8 Å². The zero-order chi connectivity index (χ0) is 18.4. The maximum atomic E-state index is 11.0. The molecule has 0 heterocycles. The van der Waals surface area contributed by atoms with Crippen LogP contribution in [0.3, 0.4) is 0 Å². The van der Waals surface area contributed by atoms with E-state index in [2.05, 4.69) is 12.1 Å². The summed E-state index contributed by atoms with van der Waals surface area (Å²) in [6.45, 7) is 0.884. The molecule has 0 amide bonds. The molecule has 0 fully saturated rings. The molecule has 4 heteroatoms. The van der Waals surface area contributed by atoms with E-state index >= 15 is 0 Å². The highest BCUT2D eigenvalue weighted by molar-refractivity contribution is 5.87. The van der Waals surface area contributed by atoms with Gasteiger partial charge < -0.3 is 14.6 Å². The third kappa shape index (κ3) is 4.29. The van der Waals surface area contributed by atoms with Gasteiger partial charge in [0.2, 0.25) is 0 Å². The first-order valence-electron chi connectivity index (χ1n) is 8.29. The molecule has 26 heavy (non-hydrogen) atoms. The Labute approximate surface area is 152 Å². The lowest BCUT2D eigenvalue weighted by Gasteiger charge is -2.11. The molecule has 3 aromatic rings. The number of benzene rings is 3. The molecular weight excluding hydrogens is 328 g/mol. The SMILES string of the molecule is COCc1ccccc1-c1ccc(OCc2cccc(C(=O)O)c2)cc1. The van der Waals surface area contributed by atoms with Crippen molar-refractivity contribution in [2.45, 2.75) is 13.2 Å². The van der Waals surface area contributed by atoms with Crippen LogP contribution < -0.4 is 4.74 Å². The predicted octanol–water partition coefficient (Wildman–Crippen LogP) is 4.78. The van der Waals surface area contributed by atoms with Gasteiger partial charge in [0.15, 0.2) is 0 Å². The molecule has 0 aliphatic carbocycles. The summed E-state index contributed by atoms with van der Waals surface area (Å²) >= 11 is 0. The van der Waals surface area contributed by atoms with E-state index in [1.54, 1.807) is 25.3 Å². The molecule has 0 aliphatic rings. The first-order chi connectivity index (χ1) is 12.7. The fourth-order valence-corrected chi connectivity index (χ4v) is 2.77. The molecule has 1 N–H and O–H groups in total. The third-order valence-electron chi connectivity index (χ3n) is 4.06. The summed E-state index contributed by atoms with van der Waals surface area (Å²) in [5.74, 6) is -0.204. The van der Waals surface area contributed by atoms with Crippen molar-refractivity contribution in [3.63, 3.8) is 0 Å². The van der Waals surface area contributed by atoms with Gasteiger partial charge in [0, 0.05) is 7.11 Å². The van der Waals surface area contributed by atoms with E-state index in [1.165, 1.54) is 0 Å². The minimum absolute atomic E-state index is 0.260. The smallest absolute Gasteiger partial charge is 0.335 e. The first-order valence-corrected chi connectivity index (χ1v) is 8.29. The molecule has 0 aromatic heterocycles. The highest BCUT2D eigenvalue weighted by Gasteiger charge is 2.06. The van der Waals surface area contributed by atoms with Crippen LogP contribution in [0.2, 0.25) is 0 Å². The van der Waals surface area contributed by atoms with E-state index in [0.29, 0.717) is 13.2 Å². The van der Waals surface area contributed by atoms with Crippen LogP contribution in [0, 0.1) is 0 Å². The van der Waals surface area contributed by atoms with Crippen molar-refractivity contribution in [3.8, 4) is 16.9 Å². The molecule has 0 atom stereocenters. The fraction of sp³-hybridized carbons (Fsp3) is 0.136. The highest BCUT2D eigenvalue weighted by Crippen LogP contribution is 2.26. The fourth-order valence-electron chi connectivity index (χ4n) is 2.77. The monoisotopic (exact) mass is 348 g/mol. The van der Waals surface area contributed by atoms with Gasteiger partial charge in [-0.25, -0.2) is 4.79 Å². The van der Waals surface area contributed by atoms with Crippen molar-refractivity contribution in [2.24, 2.45) is 0 Å². The average molecular weight is 348 g/mol. The van der Waals surface area contributed by atoms with Gasteiger partial charge in [-0.15, -0.1) is 0 Å². The van der Waals surface area contributed by atoms with Gasteiger partial charge in [-0.1, -0.05) is 48.5 Å². The van der Waals surface area contributed by atoms with Crippen LogP contribution in [0.4, 0.5) is 0 Å². The maximum absolute atomic E-state index is 11.0. The topological polar surface area (TPSA) is 55.8 Å². The van der Waals surface area contributed by atoms with Crippen molar-refractivity contribution in [2.75, 3.05) is 7.11 Å². The van der Waals surface area contributed by atoms with Crippen LogP contribution >= 0.6 is 0 Å². The number of hydrogen-bond donors (Lipinski definition) is 1. The lowest BCUT2D eigenvalue weighted by molar-refractivity contribution is 0.0696. The number of ether oxygens (including phenoxy) is 2. The Bertz CT molecular complexity index is 885. The van der Waals surface area contributed by atoms with Gasteiger partial charge in [0.1, 0.15) is 12.4 Å². The van der Waals surface area contributed by atoms with Crippen molar-refractivity contribution >= 4 is 5.97 Å². The van der Waals surface area contributed by atoms with Crippen LogP contribution in [0.5, 0.6) is 5.75 Å². The summed E-state index contributed by atoms with van der Waals surface area (Å²) in [5, 5.41) is 9.04. The summed E-state index contributed by atoms with van der Waals surface area (Å²) < 4.78 is 11.0. The van der Waals surface area contributed by atoms with Crippen molar-refractivity contribution in [1.82, 2.24) is 0 Å². The Balaban J connectivity index is 1.71. The van der Waals surface area contributed by atoms with Gasteiger partial charge in [0.25, 0.3) is 0 Å². The number of methoxy groups -OCH3 is 1. The minimum Gasteiger partial charge on any atom is -0.489 e. The first kappa shape index (κ1) is 17.7. The Hall–Kier alpha value is -3.11. The zero-order valence-electron chi connectivity index (χ0n) is 14.5. The van der Waals surface area contributed by atoms with Gasteiger partial charge >= 0.3 is 5.97 Å². The van der Waals surface area contributed by atoms with Gasteiger partial charge in [-0.2, -0.15) is 0 Å². The third-order valence-corrected chi connectivity index (χ3v) is 4.06. The molecule has 132 valence electrons. The summed E-state index contributed by atoms with van der Waals surface area (Å²) in [7, 11) is 1.69. The Morgan fingerprint density at radius 1 is 0.923 bits per heavy atom. The van der Waals surface area contributed by atoms with Gasteiger partial charge in [0.05, 0.1) is 12.2 Å². The number of hydrogen-bond acceptors (Lipinski definition) is 3. The Kier molecular flexibility index (Phi) is 5.66. The quantitative estimate of drug-likeness (QED) is 0.668. The molecule has 3 aromatic carbocycles. The normalized spacial score (nSPS) is 10.5. The number of carbonyl (C=O) groups is 1. The van der Waals surface area contributed by atoms with E-state index in [9.17, 15) is 4.79 Å². The van der Waals surface area contributed by atoms with E-state index < -0.39 is 5.97 Å².